The molecule has 2 aromatic carbocycles. The van der Waals surface area contributed by atoms with E-state index in [1.807, 2.05) is 45.0 Å². The van der Waals surface area contributed by atoms with Crippen LogP contribution in [0.4, 0.5) is 8.78 Å². The van der Waals surface area contributed by atoms with Crippen molar-refractivity contribution in [3.8, 4) is 0 Å². The third kappa shape index (κ3) is 12.1. The van der Waals surface area contributed by atoms with Crippen molar-refractivity contribution in [2.24, 2.45) is 0 Å². The summed E-state index contributed by atoms with van der Waals surface area (Å²) in [6.45, 7) is 6.21. The van der Waals surface area contributed by atoms with Crippen molar-refractivity contribution in [1.29, 1.82) is 0 Å². The van der Waals surface area contributed by atoms with Crippen molar-refractivity contribution in [3.05, 3.63) is 101 Å². The van der Waals surface area contributed by atoms with Crippen LogP contribution in [0.15, 0.2) is 66.9 Å². The van der Waals surface area contributed by atoms with Crippen LogP contribution < -0.4 is 16.0 Å². The first-order valence-electron chi connectivity index (χ1n) is 16.1. The lowest BCUT2D eigenvalue weighted by Crippen LogP contribution is -2.57. The molecule has 47 heavy (non-hydrogen) atoms. The Morgan fingerprint density at radius 2 is 1.55 bits per heavy atom. The Labute approximate surface area is 276 Å². The van der Waals surface area contributed by atoms with E-state index >= 15 is 0 Å². The predicted octanol–water partition coefficient (Wildman–Crippen LogP) is 4.28. The van der Waals surface area contributed by atoms with E-state index in [4.69, 9.17) is 0 Å². The molecule has 1 aromatic heterocycles. The minimum Gasteiger partial charge on any atom is -0.390 e. The van der Waals surface area contributed by atoms with Crippen LogP contribution in [0.3, 0.4) is 0 Å². The summed E-state index contributed by atoms with van der Waals surface area (Å²) in [5.41, 5.74) is 2.30. The first-order chi connectivity index (χ1) is 22.4. The van der Waals surface area contributed by atoms with Crippen LogP contribution in [0, 0.1) is 11.6 Å². The predicted molar refractivity (Wildman–Crippen MR) is 178 cm³/mol. The average Bonchev–Trinajstić information content (AvgIpc) is 3.03. The topological polar surface area (TPSA) is 137 Å². The summed E-state index contributed by atoms with van der Waals surface area (Å²) in [5.74, 6) is -3.92. The van der Waals surface area contributed by atoms with Gasteiger partial charge in [-0.1, -0.05) is 63.9 Å². The SMILES string of the molecule is CCCC(CCC)S(=O)(=O)CC(NC(=O)c1ccccn1)C(=O)N[C@@H](Cc1cc(F)cc(F)c1)[C@H](O)CNCc1cccc(CC)c1. The molecule has 3 atom stereocenters. The number of amides is 2. The van der Waals surface area contributed by atoms with Crippen LogP contribution in [0.1, 0.15) is 73.6 Å². The maximum atomic E-state index is 14.1. The number of halogens is 2. The highest BCUT2D eigenvalue weighted by Crippen LogP contribution is 2.18. The number of carbonyl (C=O) groups excluding carboxylic acids is 2. The summed E-state index contributed by atoms with van der Waals surface area (Å²) < 4.78 is 55.3. The number of pyridine rings is 1. The lowest BCUT2D eigenvalue weighted by Gasteiger charge is -2.28. The minimum absolute atomic E-state index is 0.00255. The number of carbonyl (C=O) groups is 2. The van der Waals surface area contributed by atoms with Gasteiger partial charge in [0.15, 0.2) is 9.84 Å². The zero-order valence-electron chi connectivity index (χ0n) is 27.2. The molecule has 256 valence electrons. The molecule has 0 saturated carbocycles. The number of hydrogen-bond acceptors (Lipinski definition) is 7. The van der Waals surface area contributed by atoms with Crippen molar-refractivity contribution in [2.75, 3.05) is 12.3 Å². The van der Waals surface area contributed by atoms with Gasteiger partial charge in [-0.2, -0.15) is 0 Å². The summed E-state index contributed by atoms with van der Waals surface area (Å²) in [4.78, 5) is 30.9. The second-order valence-electron chi connectivity index (χ2n) is 11.7. The van der Waals surface area contributed by atoms with Crippen LogP contribution in [-0.4, -0.2) is 66.1 Å². The van der Waals surface area contributed by atoms with E-state index in [0.717, 1.165) is 35.7 Å². The fourth-order valence-electron chi connectivity index (χ4n) is 5.44. The molecule has 0 aliphatic heterocycles. The van der Waals surface area contributed by atoms with Crippen molar-refractivity contribution < 1.29 is 31.9 Å². The van der Waals surface area contributed by atoms with Crippen molar-refractivity contribution in [3.63, 3.8) is 0 Å². The van der Waals surface area contributed by atoms with Gasteiger partial charge in [0.25, 0.3) is 5.91 Å². The molecule has 0 fully saturated rings. The van der Waals surface area contributed by atoms with Crippen molar-refractivity contribution in [1.82, 2.24) is 20.9 Å². The second-order valence-corrected chi connectivity index (χ2v) is 14.1. The highest BCUT2D eigenvalue weighted by molar-refractivity contribution is 7.92. The van der Waals surface area contributed by atoms with Crippen molar-refractivity contribution in [2.45, 2.75) is 89.3 Å². The Morgan fingerprint density at radius 1 is 0.872 bits per heavy atom. The van der Waals surface area contributed by atoms with E-state index in [2.05, 4.69) is 20.9 Å². The number of benzene rings is 2. The van der Waals surface area contributed by atoms with Gasteiger partial charge < -0.3 is 21.1 Å². The summed E-state index contributed by atoms with van der Waals surface area (Å²) in [7, 11) is -3.87. The van der Waals surface area contributed by atoms with Crippen LogP contribution >= 0.6 is 0 Å². The fourth-order valence-corrected chi connectivity index (χ4v) is 7.60. The van der Waals surface area contributed by atoms with Gasteiger partial charge >= 0.3 is 0 Å². The second kappa shape index (κ2) is 18.6. The van der Waals surface area contributed by atoms with E-state index < -0.39 is 62.5 Å². The third-order valence-electron chi connectivity index (χ3n) is 7.90. The zero-order chi connectivity index (χ0) is 34.4. The number of aliphatic hydroxyl groups excluding tert-OH is 1. The normalized spacial score (nSPS) is 13.6. The largest absolute Gasteiger partial charge is 0.390 e. The van der Waals surface area contributed by atoms with Gasteiger partial charge in [-0.3, -0.25) is 14.6 Å². The molecule has 3 aromatic rings. The Kier molecular flexibility index (Phi) is 14.9. The van der Waals surface area contributed by atoms with E-state index in [-0.39, 0.29) is 24.2 Å². The average molecular weight is 673 g/mol. The quantitative estimate of drug-likeness (QED) is 0.149. The molecule has 2 amide bonds. The van der Waals surface area contributed by atoms with Crippen LogP contribution in [0.25, 0.3) is 0 Å². The van der Waals surface area contributed by atoms with Crippen molar-refractivity contribution >= 4 is 21.7 Å². The van der Waals surface area contributed by atoms with Gasteiger partial charge in [0.1, 0.15) is 23.4 Å². The Bertz CT molecular complexity index is 1530. The summed E-state index contributed by atoms with van der Waals surface area (Å²) in [6, 6.07) is 12.8. The summed E-state index contributed by atoms with van der Waals surface area (Å²) >= 11 is 0. The van der Waals surface area contributed by atoms with Gasteiger partial charge in [-0.25, -0.2) is 17.2 Å². The highest BCUT2D eigenvalue weighted by atomic mass is 32.2. The number of rotatable bonds is 19. The lowest BCUT2D eigenvalue weighted by molar-refractivity contribution is -0.124. The first-order valence-corrected chi connectivity index (χ1v) is 17.8. The number of nitrogens with zero attached hydrogens (tertiary/aromatic N) is 1. The Balaban J connectivity index is 1.87. The van der Waals surface area contributed by atoms with Gasteiger partial charge in [-0.15, -0.1) is 0 Å². The molecule has 0 bridgehead atoms. The van der Waals surface area contributed by atoms with Gasteiger partial charge in [0.05, 0.1) is 23.1 Å². The van der Waals surface area contributed by atoms with Gasteiger partial charge in [0, 0.05) is 25.4 Å². The molecule has 1 heterocycles. The Hall–Kier alpha value is -3.74. The highest BCUT2D eigenvalue weighted by Gasteiger charge is 2.34. The lowest BCUT2D eigenvalue weighted by atomic mass is 10.00. The maximum Gasteiger partial charge on any atom is 0.270 e. The monoisotopic (exact) mass is 672 g/mol. The van der Waals surface area contributed by atoms with Gasteiger partial charge in [-0.05, 0) is 66.6 Å². The number of sulfone groups is 1. The fraction of sp³-hybridized carbons (Fsp3) is 0.457. The van der Waals surface area contributed by atoms with Gasteiger partial charge in [0.2, 0.25) is 5.91 Å². The van der Waals surface area contributed by atoms with Crippen LogP contribution in [-0.2, 0) is 34.0 Å². The summed E-state index contributed by atoms with van der Waals surface area (Å²) in [5, 5.41) is 18.9. The van der Waals surface area contributed by atoms with Crippen LogP contribution in [0.5, 0.6) is 0 Å². The number of aromatic nitrogens is 1. The number of hydrogen-bond donors (Lipinski definition) is 4. The zero-order valence-corrected chi connectivity index (χ0v) is 28.0. The molecule has 4 N–H and O–H groups in total. The van der Waals surface area contributed by atoms with Crippen LogP contribution in [0.2, 0.25) is 0 Å². The molecule has 0 aliphatic rings. The number of aliphatic hydroxyl groups is 1. The molecule has 0 saturated heterocycles. The molecule has 0 radical (unpaired) electrons. The molecule has 9 nitrogen and oxygen atoms in total. The van der Waals surface area contributed by atoms with E-state index in [9.17, 15) is 31.9 Å². The Morgan fingerprint density at radius 3 is 2.17 bits per heavy atom. The molecule has 1 unspecified atom stereocenters. The molecule has 12 heteroatoms. The third-order valence-corrected chi connectivity index (χ3v) is 10.2. The molecular weight excluding hydrogens is 626 g/mol. The smallest absolute Gasteiger partial charge is 0.270 e. The number of aryl methyl sites for hydroxylation is 1. The molecule has 0 aliphatic carbocycles. The molecule has 0 spiro atoms. The minimum atomic E-state index is -3.87. The molecule has 3 rings (SSSR count). The molecular formula is C35H46F2N4O5S. The maximum absolute atomic E-state index is 14.1. The standard InChI is InChI=1S/C35H46F2N4O5S/c1-4-10-29(11-5-2)47(45,46)23-32(41-34(43)30-14-7-8-15-39-30)35(44)40-31(19-26-17-27(36)20-28(37)18-26)33(42)22-38-21-25-13-9-12-24(6-3)16-25/h7-9,12-18,20,29,31-33,38,42H,4-6,10-11,19,21-23H2,1-3H3,(H,40,44)(H,41,43)/t31-,32?,33+/m0/s1. The number of nitrogens with one attached hydrogen (secondary N) is 3. The summed E-state index contributed by atoms with van der Waals surface area (Å²) in [6.07, 6.45) is 2.88. The first kappa shape index (κ1) is 37.7. The van der Waals surface area contributed by atoms with E-state index in [1.165, 1.54) is 12.3 Å². The van der Waals surface area contributed by atoms with E-state index in [1.54, 1.807) is 12.1 Å². The van der Waals surface area contributed by atoms with E-state index in [0.29, 0.717) is 32.2 Å².